The highest BCUT2D eigenvalue weighted by Gasteiger charge is 2.19. The van der Waals surface area contributed by atoms with Crippen molar-refractivity contribution < 1.29 is 9.21 Å². The molecule has 0 saturated carbocycles. The van der Waals surface area contributed by atoms with Crippen LogP contribution in [-0.2, 0) is 0 Å². The van der Waals surface area contributed by atoms with Crippen molar-refractivity contribution in [2.45, 2.75) is 13.0 Å². The van der Waals surface area contributed by atoms with Crippen molar-refractivity contribution in [1.82, 2.24) is 5.32 Å². The zero-order valence-corrected chi connectivity index (χ0v) is 12.3. The lowest BCUT2D eigenvalue weighted by molar-refractivity contribution is 0.0939. The van der Waals surface area contributed by atoms with E-state index in [0.29, 0.717) is 11.3 Å². The number of furan rings is 1. The summed E-state index contributed by atoms with van der Waals surface area (Å²) in [6.07, 6.45) is 1.62. The summed E-state index contributed by atoms with van der Waals surface area (Å²) in [4.78, 5) is 12.5. The highest BCUT2D eigenvalue weighted by atomic mass is 16.3. The molecule has 0 spiro atoms. The molecule has 0 radical (unpaired) electrons. The van der Waals surface area contributed by atoms with Crippen molar-refractivity contribution in [2.75, 3.05) is 0 Å². The van der Waals surface area contributed by atoms with Crippen LogP contribution in [0.2, 0.25) is 0 Å². The SMILES string of the molecule is Cc1cccc(C(=O)NC(c2ccccc2)c2ccco2)c1. The Bertz CT molecular complexity index is 748. The topological polar surface area (TPSA) is 42.2 Å². The number of benzene rings is 2. The van der Waals surface area contributed by atoms with Crippen LogP contribution in [0.5, 0.6) is 0 Å². The number of amides is 1. The fourth-order valence-corrected chi connectivity index (χ4v) is 2.42. The molecule has 1 unspecified atom stereocenters. The molecule has 1 heterocycles. The summed E-state index contributed by atoms with van der Waals surface area (Å²) in [6.45, 7) is 1.97. The standard InChI is InChI=1S/C19H17NO2/c1-14-7-5-10-16(13-14)19(21)20-18(17-11-6-12-22-17)15-8-3-2-4-9-15/h2-13,18H,1H3,(H,20,21). The number of carbonyl (C=O) groups excluding carboxylic acids is 1. The lowest BCUT2D eigenvalue weighted by Crippen LogP contribution is -2.29. The molecule has 3 aromatic rings. The number of carbonyl (C=O) groups is 1. The van der Waals surface area contributed by atoms with E-state index in [1.807, 2.05) is 73.7 Å². The minimum absolute atomic E-state index is 0.117. The molecule has 22 heavy (non-hydrogen) atoms. The van der Waals surface area contributed by atoms with E-state index in [-0.39, 0.29) is 11.9 Å². The maximum absolute atomic E-state index is 12.5. The van der Waals surface area contributed by atoms with E-state index in [0.717, 1.165) is 11.1 Å². The summed E-state index contributed by atoms with van der Waals surface area (Å²) in [7, 11) is 0. The number of hydrogen-bond acceptors (Lipinski definition) is 2. The van der Waals surface area contributed by atoms with E-state index in [1.165, 1.54) is 0 Å². The number of rotatable bonds is 4. The summed E-state index contributed by atoms with van der Waals surface area (Å²) in [6, 6.07) is 20.7. The molecule has 3 nitrogen and oxygen atoms in total. The van der Waals surface area contributed by atoms with E-state index >= 15 is 0 Å². The van der Waals surface area contributed by atoms with Gasteiger partial charge >= 0.3 is 0 Å². The average Bonchev–Trinajstić information content (AvgIpc) is 3.07. The van der Waals surface area contributed by atoms with Gasteiger partial charge in [0.15, 0.2) is 0 Å². The molecule has 0 aliphatic rings. The first-order valence-electron chi connectivity index (χ1n) is 7.20. The third kappa shape index (κ3) is 3.09. The Morgan fingerprint density at radius 1 is 1.00 bits per heavy atom. The molecule has 0 saturated heterocycles. The van der Waals surface area contributed by atoms with E-state index in [4.69, 9.17) is 4.42 Å². The van der Waals surface area contributed by atoms with Gasteiger partial charge in [0.1, 0.15) is 11.8 Å². The van der Waals surface area contributed by atoms with Crippen molar-refractivity contribution in [1.29, 1.82) is 0 Å². The first-order chi connectivity index (χ1) is 10.7. The quantitative estimate of drug-likeness (QED) is 0.786. The minimum Gasteiger partial charge on any atom is -0.467 e. The predicted octanol–water partition coefficient (Wildman–Crippen LogP) is 4.11. The van der Waals surface area contributed by atoms with Crippen LogP contribution in [0.15, 0.2) is 77.4 Å². The Balaban J connectivity index is 1.89. The first kappa shape index (κ1) is 14.1. The van der Waals surface area contributed by atoms with Crippen molar-refractivity contribution >= 4 is 5.91 Å². The Hall–Kier alpha value is -2.81. The molecule has 1 N–H and O–H groups in total. The monoisotopic (exact) mass is 291 g/mol. The molecular weight excluding hydrogens is 274 g/mol. The summed E-state index contributed by atoms with van der Waals surface area (Å²) >= 11 is 0. The molecule has 0 fully saturated rings. The molecule has 0 bridgehead atoms. The van der Waals surface area contributed by atoms with Gasteiger partial charge in [0.25, 0.3) is 5.91 Å². The minimum atomic E-state index is -0.302. The summed E-state index contributed by atoms with van der Waals surface area (Å²) in [5.41, 5.74) is 2.69. The summed E-state index contributed by atoms with van der Waals surface area (Å²) in [5, 5.41) is 3.05. The number of aryl methyl sites for hydroxylation is 1. The molecule has 0 aliphatic carbocycles. The second-order valence-electron chi connectivity index (χ2n) is 5.20. The van der Waals surface area contributed by atoms with E-state index in [1.54, 1.807) is 6.26 Å². The van der Waals surface area contributed by atoms with E-state index in [2.05, 4.69) is 5.32 Å². The van der Waals surface area contributed by atoms with Crippen LogP contribution < -0.4 is 5.32 Å². The second-order valence-corrected chi connectivity index (χ2v) is 5.20. The van der Waals surface area contributed by atoms with Gasteiger partial charge in [0.2, 0.25) is 0 Å². The fourth-order valence-electron chi connectivity index (χ4n) is 2.42. The zero-order chi connectivity index (χ0) is 15.4. The average molecular weight is 291 g/mol. The molecule has 1 atom stereocenters. The predicted molar refractivity (Wildman–Crippen MR) is 85.6 cm³/mol. The largest absolute Gasteiger partial charge is 0.467 e. The van der Waals surface area contributed by atoms with Crippen LogP contribution in [0.25, 0.3) is 0 Å². The summed E-state index contributed by atoms with van der Waals surface area (Å²) in [5.74, 6) is 0.598. The molecule has 0 aliphatic heterocycles. The van der Waals surface area contributed by atoms with Crippen LogP contribution in [0.1, 0.15) is 33.3 Å². The van der Waals surface area contributed by atoms with Gasteiger partial charge in [-0.2, -0.15) is 0 Å². The van der Waals surface area contributed by atoms with Gasteiger partial charge in [0, 0.05) is 5.56 Å². The Morgan fingerprint density at radius 2 is 1.82 bits per heavy atom. The van der Waals surface area contributed by atoms with E-state index < -0.39 is 0 Å². The van der Waals surface area contributed by atoms with Crippen LogP contribution >= 0.6 is 0 Å². The van der Waals surface area contributed by atoms with Crippen LogP contribution in [0.4, 0.5) is 0 Å². The molecule has 110 valence electrons. The van der Waals surface area contributed by atoms with Crippen molar-refractivity contribution in [3.8, 4) is 0 Å². The van der Waals surface area contributed by atoms with E-state index in [9.17, 15) is 4.79 Å². The van der Waals surface area contributed by atoms with Crippen molar-refractivity contribution in [2.24, 2.45) is 0 Å². The second kappa shape index (κ2) is 6.31. The lowest BCUT2D eigenvalue weighted by atomic mass is 10.0. The van der Waals surface area contributed by atoms with Crippen molar-refractivity contribution in [3.05, 3.63) is 95.4 Å². The molecule has 3 heteroatoms. The molecular formula is C19H17NO2. The van der Waals surface area contributed by atoms with Crippen LogP contribution in [0.3, 0.4) is 0 Å². The smallest absolute Gasteiger partial charge is 0.252 e. The molecule has 1 amide bonds. The van der Waals surface area contributed by atoms with Gasteiger partial charge in [-0.15, -0.1) is 0 Å². The number of hydrogen-bond donors (Lipinski definition) is 1. The van der Waals surface area contributed by atoms with Gasteiger partial charge in [0.05, 0.1) is 6.26 Å². The highest BCUT2D eigenvalue weighted by molar-refractivity contribution is 5.94. The number of nitrogens with one attached hydrogen (secondary N) is 1. The van der Waals surface area contributed by atoms with Gasteiger partial charge in [-0.3, -0.25) is 4.79 Å². The third-order valence-electron chi connectivity index (χ3n) is 3.52. The Labute approximate surface area is 129 Å². The molecule has 1 aromatic heterocycles. The van der Waals surface area contributed by atoms with Crippen LogP contribution in [-0.4, -0.2) is 5.91 Å². The van der Waals surface area contributed by atoms with Gasteiger partial charge in [-0.1, -0.05) is 48.0 Å². The Kier molecular flexibility index (Phi) is 4.05. The van der Waals surface area contributed by atoms with Gasteiger partial charge in [-0.25, -0.2) is 0 Å². The maximum atomic E-state index is 12.5. The Morgan fingerprint density at radius 3 is 2.50 bits per heavy atom. The highest BCUT2D eigenvalue weighted by Crippen LogP contribution is 2.23. The third-order valence-corrected chi connectivity index (χ3v) is 3.52. The maximum Gasteiger partial charge on any atom is 0.252 e. The zero-order valence-electron chi connectivity index (χ0n) is 12.3. The lowest BCUT2D eigenvalue weighted by Gasteiger charge is -2.17. The normalized spacial score (nSPS) is 11.9. The molecule has 2 aromatic carbocycles. The van der Waals surface area contributed by atoms with Crippen LogP contribution in [0, 0.1) is 6.92 Å². The molecule has 3 rings (SSSR count). The first-order valence-corrected chi connectivity index (χ1v) is 7.20. The summed E-state index contributed by atoms with van der Waals surface area (Å²) < 4.78 is 5.50. The van der Waals surface area contributed by atoms with Crippen molar-refractivity contribution in [3.63, 3.8) is 0 Å². The van der Waals surface area contributed by atoms with Gasteiger partial charge < -0.3 is 9.73 Å². The van der Waals surface area contributed by atoms with Gasteiger partial charge in [-0.05, 0) is 36.8 Å². The fraction of sp³-hybridized carbons (Fsp3) is 0.105.